The Balaban J connectivity index is 1.44. The van der Waals surface area contributed by atoms with E-state index in [1.54, 1.807) is 11.3 Å². The number of aromatic nitrogens is 2. The van der Waals surface area contributed by atoms with Crippen LogP contribution in [0.3, 0.4) is 0 Å². The van der Waals surface area contributed by atoms with Gasteiger partial charge in [0.1, 0.15) is 5.76 Å². The Morgan fingerprint density at radius 3 is 2.89 bits per heavy atom. The lowest BCUT2D eigenvalue weighted by Gasteiger charge is -2.35. The molecule has 0 unspecified atom stereocenters. The summed E-state index contributed by atoms with van der Waals surface area (Å²) in [4.78, 5) is 14.3. The van der Waals surface area contributed by atoms with E-state index in [1.165, 1.54) is 29.8 Å². The summed E-state index contributed by atoms with van der Waals surface area (Å²) in [6.07, 6.45) is 7.94. The molecule has 4 nitrogen and oxygen atoms in total. The maximum absolute atomic E-state index is 5.98. The minimum Gasteiger partial charge on any atom is -0.440 e. The summed E-state index contributed by atoms with van der Waals surface area (Å²) in [5.74, 6) is 1.72. The maximum Gasteiger partial charge on any atom is 0.236 e. The highest BCUT2D eigenvalue weighted by atomic mass is 32.1. The van der Waals surface area contributed by atoms with Gasteiger partial charge in [0.2, 0.25) is 5.89 Å². The molecule has 0 bridgehead atoms. The Morgan fingerprint density at radius 1 is 1.19 bits per heavy atom. The number of rotatable bonds is 6. The van der Waals surface area contributed by atoms with E-state index in [1.807, 2.05) is 19.2 Å². The molecule has 27 heavy (non-hydrogen) atoms. The van der Waals surface area contributed by atoms with Gasteiger partial charge >= 0.3 is 0 Å². The molecule has 0 spiro atoms. The first-order valence-corrected chi connectivity index (χ1v) is 10.7. The lowest BCUT2D eigenvalue weighted by atomic mass is 9.96. The van der Waals surface area contributed by atoms with Crippen molar-refractivity contribution in [1.82, 2.24) is 14.9 Å². The van der Waals surface area contributed by atoms with Gasteiger partial charge in [-0.1, -0.05) is 12.5 Å². The van der Waals surface area contributed by atoms with Gasteiger partial charge in [-0.25, -0.2) is 4.98 Å². The van der Waals surface area contributed by atoms with Crippen LogP contribution in [0.4, 0.5) is 0 Å². The molecule has 0 saturated carbocycles. The fourth-order valence-electron chi connectivity index (χ4n) is 3.88. The van der Waals surface area contributed by atoms with E-state index >= 15 is 0 Å². The summed E-state index contributed by atoms with van der Waals surface area (Å²) >= 11 is 1.74. The van der Waals surface area contributed by atoms with Crippen molar-refractivity contribution >= 4 is 11.3 Å². The minimum atomic E-state index is 0.601. The number of oxazole rings is 1. The van der Waals surface area contributed by atoms with Crippen LogP contribution < -0.4 is 0 Å². The Morgan fingerprint density at radius 2 is 2.11 bits per heavy atom. The van der Waals surface area contributed by atoms with Crippen LogP contribution in [0, 0.1) is 13.8 Å². The van der Waals surface area contributed by atoms with Crippen LogP contribution in [0.5, 0.6) is 0 Å². The van der Waals surface area contributed by atoms with Crippen molar-refractivity contribution in [3.05, 3.63) is 58.6 Å². The predicted molar refractivity (Wildman–Crippen MR) is 110 cm³/mol. The zero-order valence-corrected chi connectivity index (χ0v) is 17.0. The number of aryl methyl sites for hydroxylation is 3. The van der Waals surface area contributed by atoms with E-state index < -0.39 is 0 Å². The van der Waals surface area contributed by atoms with Gasteiger partial charge in [-0.15, -0.1) is 11.3 Å². The van der Waals surface area contributed by atoms with Crippen LogP contribution in [-0.2, 0) is 13.0 Å². The number of nitrogens with zero attached hydrogens (tertiary/aromatic N) is 3. The van der Waals surface area contributed by atoms with Gasteiger partial charge < -0.3 is 4.42 Å². The van der Waals surface area contributed by atoms with Crippen molar-refractivity contribution in [2.75, 3.05) is 6.54 Å². The average molecular weight is 382 g/mol. The molecule has 1 fully saturated rings. The van der Waals surface area contributed by atoms with Gasteiger partial charge in [-0.2, -0.15) is 0 Å². The van der Waals surface area contributed by atoms with Crippen LogP contribution in [-0.4, -0.2) is 27.5 Å². The molecule has 1 atom stereocenters. The third-order valence-electron chi connectivity index (χ3n) is 5.41. The monoisotopic (exact) mass is 381 g/mol. The molecule has 1 aliphatic rings. The number of piperidine rings is 1. The van der Waals surface area contributed by atoms with Gasteiger partial charge in [0.05, 0.1) is 10.6 Å². The molecule has 4 heterocycles. The van der Waals surface area contributed by atoms with Gasteiger partial charge in [0, 0.05) is 29.4 Å². The summed E-state index contributed by atoms with van der Waals surface area (Å²) in [7, 11) is 0. The molecule has 0 radical (unpaired) electrons. The summed E-state index contributed by atoms with van der Waals surface area (Å²) in [6, 6.07) is 11.0. The van der Waals surface area contributed by atoms with Crippen LogP contribution in [0.15, 0.2) is 40.9 Å². The molecule has 1 saturated heterocycles. The molecule has 1 aliphatic heterocycles. The number of pyridine rings is 1. The molecule has 4 rings (SSSR count). The van der Waals surface area contributed by atoms with Crippen LogP contribution in [0.1, 0.15) is 47.7 Å². The molecule has 0 aromatic carbocycles. The highest BCUT2D eigenvalue weighted by Gasteiger charge is 2.24. The van der Waals surface area contributed by atoms with Crippen LogP contribution >= 0.6 is 11.3 Å². The molecule has 142 valence electrons. The van der Waals surface area contributed by atoms with Gasteiger partial charge in [-0.05, 0) is 70.3 Å². The first-order chi connectivity index (χ1) is 13.2. The Kier molecular flexibility index (Phi) is 5.69. The van der Waals surface area contributed by atoms with Crippen molar-refractivity contribution in [3.63, 3.8) is 0 Å². The highest BCUT2D eigenvalue weighted by Crippen LogP contribution is 2.30. The van der Waals surface area contributed by atoms with E-state index in [0.29, 0.717) is 6.04 Å². The lowest BCUT2D eigenvalue weighted by molar-refractivity contribution is 0.130. The summed E-state index contributed by atoms with van der Waals surface area (Å²) in [5, 5.41) is 0. The van der Waals surface area contributed by atoms with E-state index in [9.17, 15) is 0 Å². The summed E-state index contributed by atoms with van der Waals surface area (Å²) in [5.41, 5.74) is 2.27. The Labute approximate surface area is 165 Å². The lowest BCUT2D eigenvalue weighted by Crippen LogP contribution is -2.39. The van der Waals surface area contributed by atoms with Gasteiger partial charge in [0.15, 0.2) is 0 Å². The first-order valence-electron chi connectivity index (χ1n) is 9.86. The SMILES string of the molecule is Cc1ccc(-c2nc(CN3CCCC[C@@H]3CCc3ccccn3)c(C)o2)s1. The third-order valence-corrected chi connectivity index (χ3v) is 6.39. The van der Waals surface area contributed by atoms with Crippen LogP contribution in [0.2, 0.25) is 0 Å². The molecule has 0 N–H and O–H groups in total. The molecule has 5 heteroatoms. The van der Waals surface area contributed by atoms with Gasteiger partial charge in [-0.3, -0.25) is 9.88 Å². The quantitative estimate of drug-likeness (QED) is 0.573. The van der Waals surface area contributed by atoms with E-state index in [0.717, 1.165) is 48.2 Å². The highest BCUT2D eigenvalue weighted by molar-refractivity contribution is 7.15. The van der Waals surface area contributed by atoms with Crippen molar-refractivity contribution in [3.8, 4) is 10.8 Å². The van der Waals surface area contributed by atoms with Crippen LogP contribution in [0.25, 0.3) is 10.8 Å². The fourth-order valence-corrected chi connectivity index (χ4v) is 4.67. The standard InChI is InChI=1S/C22H27N3OS/c1-16-9-12-21(27-16)22-24-20(17(2)26-22)15-25-14-6-4-8-19(25)11-10-18-7-3-5-13-23-18/h3,5,7,9,12-13,19H,4,6,8,10-11,14-15H2,1-2H3/t19-/m1/s1. The van der Waals surface area contributed by atoms with E-state index in [4.69, 9.17) is 9.40 Å². The second-order valence-electron chi connectivity index (χ2n) is 7.41. The normalized spacial score (nSPS) is 18.1. The van der Waals surface area contributed by atoms with E-state index in [2.05, 4.69) is 41.1 Å². The van der Waals surface area contributed by atoms with Crippen molar-refractivity contribution in [2.24, 2.45) is 0 Å². The Bertz CT molecular complexity index is 871. The predicted octanol–water partition coefficient (Wildman–Crippen LogP) is 5.40. The molecular weight excluding hydrogens is 354 g/mol. The topological polar surface area (TPSA) is 42.2 Å². The third kappa shape index (κ3) is 4.47. The number of likely N-dealkylation sites (tertiary alicyclic amines) is 1. The molecular formula is C22H27N3OS. The minimum absolute atomic E-state index is 0.601. The average Bonchev–Trinajstić information content (AvgIpc) is 3.28. The summed E-state index contributed by atoms with van der Waals surface area (Å²) < 4.78 is 5.98. The first kappa shape index (κ1) is 18.4. The zero-order chi connectivity index (χ0) is 18.6. The number of hydrogen-bond acceptors (Lipinski definition) is 5. The van der Waals surface area contributed by atoms with Crippen molar-refractivity contribution in [1.29, 1.82) is 0 Å². The molecule has 3 aromatic heterocycles. The second kappa shape index (κ2) is 8.36. The molecule has 0 aliphatic carbocycles. The number of hydrogen-bond donors (Lipinski definition) is 0. The largest absolute Gasteiger partial charge is 0.440 e. The second-order valence-corrected chi connectivity index (χ2v) is 8.70. The smallest absolute Gasteiger partial charge is 0.236 e. The van der Waals surface area contributed by atoms with Gasteiger partial charge in [0.25, 0.3) is 0 Å². The molecule has 0 amide bonds. The fraction of sp³-hybridized carbons (Fsp3) is 0.455. The van der Waals surface area contributed by atoms with E-state index in [-0.39, 0.29) is 0 Å². The van der Waals surface area contributed by atoms with Crippen molar-refractivity contribution < 1.29 is 4.42 Å². The zero-order valence-electron chi connectivity index (χ0n) is 16.1. The number of thiophene rings is 1. The molecule has 3 aromatic rings. The summed E-state index contributed by atoms with van der Waals surface area (Å²) in [6.45, 7) is 6.18. The maximum atomic E-state index is 5.98. The Hall–Kier alpha value is -1.98. The van der Waals surface area contributed by atoms with Crippen molar-refractivity contribution in [2.45, 2.75) is 58.5 Å².